The summed E-state index contributed by atoms with van der Waals surface area (Å²) in [5, 5.41) is -2.91. The van der Waals surface area contributed by atoms with Crippen LogP contribution in [0.4, 0.5) is 30.7 Å². The van der Waals surface area contributed by atoms with E-state index in [4.69, 9.17) is 10.3 Å². The van der Waals surface area contributed by atoms with Crippen LogP contribution in [0, 0.1) is 0 Å². The fraction of sp³-hybridized carbons (Fsp3) is 0.900. The first-order chi connectivity index (χ1) is 10.3. The van der Waals surface area contributed by atoms with Gasteiger partial charge in [-0.15, -0.1) is 0 Å². The Morgan fingerprint density at radius 2 is 1.46 bits per heavy atom. The predicted molar refractivity (Wildman–Crippen MR) is 67.2 cm³/mol. The molecule has 0 saturated heterocycles. The second-order valence-electron chi connectivity index (χ2n) is 5.26. The second-order valence-corrected chi connectivity index (χ2v) is 6.89. The third-order valence-electron chi connectivity index (χ3n) is 3.27. The number of hydrogen-bond donors (Lipinski definition) is 2. The Bertz CT molecular complexity index is 545. The fourth-order valence-corrected chi connectivity index (χ4v) is 3.14. The zero-order chi connectivity index (χ0) is 19.7. The van der Waals surface area contributed by atoms with E-state index in [1.165, 1.54) is 0 Å². The molecule has 3 N–H and O–H groups in total. The standard InChI is InChI=1S/C10H15F7N2O4S/c1-19(2)5(3-7(18)20)6(24(21,22)23)4-8(11,9(12,13)14)10(15,16)17/h5-6H,3-4H2,1-2H3,(H2,18,20)(H,21,22,23). The summed E-state index contributed by atoms with van der Waals surface area (Å²) in [4.78, 5) is 11.6. The van der Waals surface area contributed by atoms with E-state index in [2.05, 4.69) is 0 Å². The second kappa shape index (κ2) is 7.00. The molecular formula is C10H15F7N2O4S. The number of rotatable bonds is 7. The van der Waals surface area contributed by atoms with Gasteiger partial charge in [0.15, 0.2) is 0 Å². The third kappa shape index (κ3) is 5.17. The van der Waals surface area contributed by atoms with Gasteiger partial charge < -0.3 is 10.6 Å². The number of nitrogens with zero attached hydrogens (tertiary/aromatic N) is 1. The van der Waals surface area contributed by atoms with Crippen molar-refractivity contribution in [3.8, 4) is 0 Å². The van der Waals surface area contributed by atoms with Crippen molar-refractivity contribution in [2.45, 2.75) is 42.2 Å². The minimum absolute atomic E-state index is 0.746. The molecule has 0 spiro atoms. The monoisotopic (exact) mass is 392 g/mol. The Balaban J connectivity index is 6.17. The van der Waals surface area contributed by atoms with Crippen LogP contribution in [0.1, 0.15) is 12.8 Å². The summed E-state index contributed by atoms with van der Waals surface area (Å²) >= 11 is 0. The van der Waals surface area contributed by atoms with Crippen molar-refractivity contribution in [3.63, 3.8) is 0 Å². The quantitative estimate of drug-likeness (QED) is 0.502. The molecule has 2 atom stereocenters. The molecule has 0 fully saturated rings. The molecule has 0 aromatic rings. The lowest BCUT2D eigenvalue weighted by Gasteiger charge is -2.36. The maximum atomic E-state index is 13.8. The molecule has 0 aliphatic rings. The highest BCUT2D eigenvalue weighted by Crippen LogP contribution is 2.50. The predicted octanol–water partition coefficient (Wildman–Crippen LogP) is 1.27. The van der Waals surface area contributed by atoms with Gasteiger partial charge in [-0.3, -0.25) is 9.35 Å². The largest absolute Gasteiger partial charge is 0.431 e. The van der Waals surface area contributed by atoms with E-state index in [-0.39, 0.29) is 0 Å². The van der Waals surface area contributed by atoms with Gasteiger partial charge in [0.1, 0.15) is 5.25 Å². The summed E-state index contributed by atoms with van der Waals surface area (Å²) in [6.07, 6.45) is -16.7. The van der Waals surface area contributed by atoms with Crippen LogP contribution < -0.4 is 5.73 Å². The van der Waals surface area contributed by atoms with Crippen molar-refractivity contribution in [3.05, 3.63) is 0 Å². The van der Waals surface area contributed by atoms with Gasteiger partial charge in [0, 0.05) is 18.9 Å². The van der Waals surface area contributed by atoms with Crippen LogP contribution in [0.15, 0.2) is 0 Å². The van der Waals surface area contributed by atoms with E-state index in [9.17, 15) is 43.9 Å². The number of halogens is 7. The lowest BCUT2D eigenvalue weighted by atomic mass is 9.93. The number of amides is 1. The molecule has 14 heteroatoms. The number of nitrogens with two attached hydrogens (primary N) is 1. The first kappa shape index (κ1) is 22.9. The molecule has 0 aliphatic carbocycles. The SMILES string of the molecule is CN(C)C(CC(N)=O)C(CC(F)(C(F)(F)F)C(F)(F)F)S(=O)(=O)O. The maximum absolute atomic E-state index is 13.8. The maximum Gasteiger partial charge on any atom is 0.431 e. The first-order valence-electron chi connectivity index (χ1n) is 6.08. The van der Waals surface area contributed by atoms with Crippen LogP contribution in [0.2, 0.25) is 0 Å². The zero-order valence-corrected chi connectivity index (χ0v) is 13.1. The molecule has 0 aromatic carbocycles. The molecule has 0 saturated carbocycles. The van der Waals surface area contributed by atoms with Crippen LogP contribution >= 0.6 is 0 Å². The summed E-state index contributed by atoms with van der Waals surface area (Å²) in [5.41, 5.74) is -1.14. The lowest BCUT2D eigenvalue weighted by molar-refractivity contribution is -0.343. The Hall–Kier alpha value is -1.15. The molecule has 24 heavy (non-hydrogen) atoms. The highest BCUT2D eigenvalue weighted by atomic mass is 32.2. The summed E-state index contributed by atoms with van der Waals surface area (Å²) in [6, 6.07) is -1.92. The average Bonchev–Trinajstić information content (AvgIpc) is 2.28. The van der Waals surface area contributed by atoms with Gasteiger partial charge in [-0.2, -0.15) is 34.8 Å². The molecule has 0 heterocycles. The molecular weight excluding hydrogens is 377 g/mol. The highest BCUT2D eigenvalue weighted by molar-refractivity contribution is 7.86. The molecule has 0 rings (SSSR count). The van der Waals surface area contributed by atoms with Gasteiger partial charge >= 0.3 is 18.0 Å². The normalized spacial score (nSPS) is 17.0. The Kier molecular flexibility index (Phi) is 6.66. The van der Waals surface area contributed by atoms with E-state index in [1.54, 1.807) is 0 Å². The van der Waals surface area contributed by atoms with E-state index >= 15 is 0 Å². The number of primary amides is 1. The van der Waals surface area contributed by atoms with Crippen molar-refractivity contribution in [1.82, 2.24) is 4.90 Å². The average molecular weight is 392 g/mol. The van der Waals surface area contributed by atoms with Gasteiger partial charge in [-0.25, -0.2) is 4.39 Å². The van der Waals surface area contributed by atoms with Crippen LogP contribution in [-0.4, -0.2) is 67.2 Å². The van der Waals surface area contributed by atoms with E-state index in [0.717, 1.165) is 19.0 Å². The van der Waals surface area contributed by atoms with Gasteiger partial charge in [-0.1, -0.05) is 0 Å². The Labute approximate surface area is 132 Å². The topological polar surface area (TPSA) is 101 Å². The van der Waals surface area contributed by atoms with Gasteiger partial charge in [0.25, 0.3) is 10.1 Å². The summed E-state index contributed by atoms with van der Waals surface area (Å²) in [5.74, 6) is -1.27. The number of carbonyl (C=O) groups excluding carboxylic acids is 1. The molecule has 0 bridgehead atoms. The number of carbonyl (C=O) groups is 1. The van der Waals surface area contributed by atoms with Gasteiger partial charge in [0.2, 0.25) is 5.91 Å². The van der Waals surface area contributed by atoms with Crippen LogP contribution in [0.3, 0.4) is 0 Å². The van der Waals surface area contributed by atoms with Gasteiger partial charge in [-0.05, 0) is 14.1 Å². The highest BCUT2D eigenvalue weighted by Gasteiger charge is 2.73. The molecule has 1 amide bonds. The van der Waals surface area contributed by atoms with Crippen LogP contribution in [-0.2, 0) is 14.9 Å². The van der Waals surface area contributed by atoms with Crippen molar-refractivity contribution >= 4 is 16.0 Å². The molecule has 0 radical (unpaired) electrons. The van der Waals surface area contributed by atoms with Crippen molar-refractivity contribution in [2.24, 2.45) is 5.73 Å². The number of hydrogen-bond acceptors (Lipinski definition) is 4. The molecule has 0 aromatic heterocycles. The molecule has 0 aliphatic heterocycles. The minimum Gasteiger partial charge on any atom is -0.370 e. The van der Waals surface area contributed by atoms with E-state index < -0.39 is 58.2 Å². The Morgan fingerprint density at radius 3 is 1.67 bits per heavy atom. The minimum atomic E-state index is -6.50. The molecule has 2 unspecified atom stereocenters. The van der Waals surface area contributed by atoms with Gasteiger partial charge in [0.05, 0.1) is 0 Å². The third-order valence-corrected chi connectivity index (χ3v) is 4.51. The summed E-state index contributed by atoms with van der Waals surface area (Å²) < 4.78 is 121. The smallest absolute Gasteiger partial charge is 0.370 e. The first-order valence-corrected chi connectivity index (χ1v) is 7.58. The van der Waals surface area contributed by atoms with Crippen molar-refractivity contribution in [1.29, 1.82) is 0 Å². The summed E-state index contributed by atoms with van der Waals surface area (Å²) in [6.45, 7) is 0. The molecule has 144 valence electrons. The van der Waals surface area contributed by atoms with Crippen molar-refractivity contribution < 1.29 is 48.5 Å². The molecule has 6 nitrogen and oxygen atoms in total. The number of alkyl halides is 7. The zero-order valence-electron chi connectivity index (χ0n) is 12.3. The lowest BCUT2D eigenvalue weighted by Crippen LogP contribution is -2.58. The van der Waals surface area contributed by atoms with Crippen LogP contribution in [0.5, 0.6) is 0 Å². The Morgan fingerprint density at radius 1 is 1.08 bits per heavy atom. The summed E-state index contributed by atoms with van der Waals surface area (Å²) in [7, 11) is -3.58. The van der Waals surface area contributed by atoms with E-state index in [0.29, 0.717) is 0 Å². The van der Waals surface area contributed by atoms with E-state index in [1.807, 2.05) is 0 Å². The van der Waals surface area contributed by atoms with Crippen LogP contribution in [0.25, 0.3) is 0 Å². The van der Waals surface area contributed by atoms with Crippen molar-refractivity contribution in [2.75, 3.05) is 14.1 Å². The fourth-order valence-electron chi connectivity index (χ4n) is 1.96.